The van der Waals surface area contributed by atoms with Gasteiger partial charge in [0.15, 0.2) is 0 Å². The maximum Gasteiger partial charge on any atom is 0.0596 e. The van der Waals surface area contributed by atoms with Crippen LogP contribution < -0.4 is 5.32 Å². The smallest absolute Gasteiger partial charge is 0.0596 e. The quantitative estimate of drug-likeness (QED) is 0.734. The second kappa shape index (κ2) is 8.93. The van der Waals surface area contributed by atoms with E-state index in [2.05, 4.69) is 45.1 Å². The van der Waals surface area contributed by atoms with Crippen molar-refractivity contribution in [2.45, 2.75) is 58.6 Å². The first-order chi connectivity index (χ1) is 9.06. The van der Waals surface area contributed by atoms with Crippen LogP contribution >= 0.6 is 0 Å². The molecule has 19 heavy (non-hydrogen) atoms. The molecule has 1 aliphatic carbocycles. The molecule has 0 amide bonds. The number of hydrogen-bond acceptors (Lipinski definition) is 3. The highest BCUT2D eigenvalue weighted by molar-refractivity contribution is 4.85. The molecule has 0 aliphatic heterocycles. The van der Waals surface area contributed by atoms with Crippen LogP contribution in [0.15, 0.2) is 0 Å². The molecule has 3 nitrogen and oxygen atoms in total. The zero-order valence-electron chi connectivity index (χ0n) is 13.6. The van der Waals surface area contributed by atoms with Crippen molar-refractivity contribution < 1.29 is 4.74 Å². The molecule has 114 valence electrons. The summed E-state index contributed by atoms with van der Waals surface area (Å²) in [5.41, 5.74) is 0. The van der Waals surface area contributed by atoms with Crippen molar-refractivity contribution in [2.75, 3.05) is 33.8 Å². The van der Waals surface area contributed by atoms with E-state index in [1.165, 1.54) is 32.2 Å². The third-order valence-corrected chi connectivity index (χ3v) is 4.51. The fourth-order valence-electron chi connectivity index (χ4n) is 3.25. The number of ether oxygens (including phenoxy) is 1. The Kier molecular flexibility index (Phi) is 7.96. The average Bonchev–Trinajstić information content (AvgIpc) is 2.38. The van der Waals surface area contributed by atoms with Gasteiger partial charge in [-0.1, -0.05) is 13.3 Å². The fourth-order valence-corrected chi connectivity index (χ4v) is 3.25. The van der Waals surface area contributed by atoms with Gasteiger partial charge in [0, 0.05) is 19.1 Å². The molecule has 3 atom stereocenters. The van der Waals surface area contributed by atoms with E-state index in [0.29, 0.717) is 12.1 Å². The van der Waals surface area contributed by atoms with Crippen LogP contribution in [0, 0.1) is 11.8 Å². The third kappa shape index (κ3) is 6.24. The summed E-state index contributed by atoms with van der Waals surface area (Å²) in [6, 6.07) is 0.705. The van der Waals surface area contributed by atoms with Gasteiger partial charge >= 0.3 is 0 Å². The molecule has 1 N–H and O–H groups in total. The molecule has 0 heterocycles. The lowest BCUT2D eigenvalue weighted by Crippen LogP contribution is -2.44. The Morgan fingerprint density at radius 1 is 1.32 bits per heavy atom. The van der Waals surface area contributed by atoms with E-state index in [0.717, 1.165) is 25.0 Å². The number of hydrogen-bond donors (Lipinski definition) is 1. The normalized spacial score (nSPS) is 28.3. The van der Waals surface area contributed by atoms with Crippen molar-refractivity contribution in [3.05, 3.63) is 0 Å². The van der Waals surface area contributed by atoms with Crippen molar-refractivity contribution in [2.24, 2.45) is 11.8 Å². The van der Waals surface area contributed by atoms with Crippen LogP contribution in [0.25, 0.3) is 0 Å². The Hall–Kier alpha value is -0.120. The number of nitrogens with one attached hydrogen (secondary N) is 1. The van der Waals surface area contributed by atoms with Gasteiger partial charge in [-0.15, -0.1) is 0 Å². The molecule has 3 heteroatoms. The molecule has 0 aromatic carbocycles. The van der Waals surface area contributed by atoms with E-state index in [9.17, 15) is 0 Å². The molecule has 1 rings (SSSR count). The molecule has 0 saturated heterocycles. The predicted molar refractivity (Wildman–Crippen MR) is 82.6 cm³/mol. The summed E-state index contributed by atoms with van der Waals surface area (Å²) in [5.74, 6) is 1.74. The maximum absolute atomic E-state index is 5.64. The van der Waals surface area contributed by atoms with Crippen LogP contribution in [0.3, 0.4) is 0 Å². The summed E-state index contributed by atoms with van der Waals surface area (Å²) >= 11 is 0. The van der Waals surface area contributed by atoms with E-state index >= 15 is 0 Å². The van der Waals surface area contributed by atoms with Crippen molar-refractivity contribution in [1.29, 1.82) is 0 Å². The lowest BCUT2D eigenvalue weighted by atomic mass is 9.76. The molecule has 0 bridgehead atoms. The molecule has 0 radical (unpaired) electrons. The molecule has 1 fully saturated rings. The minimum atomic E-state index is 0.345. The van der Waals surface area contributed by atoms with Crippen molar-refractivity contribution in [3.63, 3.8) is 0 Å². The van der Waals surface area contributed by atoms with Crippen molar-refractivity contribution >= 4 is 0 Å². The Bertz CT molecular complexity index is 233. The van der Waals surface area contributed by atoms with Gasteiger partial charge in [0.2, 0.25) is 0 Å². The maximum atomic E-state index is 5.64. The zero-order chi connectivity index (χ0) is 14.3. The first-order valence-corrected chi connectivity index (χ1v) is 8.04. The summed E-state index contributed by atoms with van der Waals surface area (Å²) in [6.07, 6.45) is 5.82. The standard InChI is InChI=1S/C16H34N2O/c1-6-14-7-8-16(17-4)15(11-14)12-18(5)9-10-19-13(2)3/h13-17H,6-12H2,1-5H3. The summed E-state index contributed by atoms with van der Waals surface area (Å²) < 4.78 is 5.64. The molecule has 0 aromatic rings. The van der Waals surface area contributed by atoms with Crippen molar-refractivity contribution in [3.8, 4) is 0 Å². The van der Waals surface area contributed by atoms with E-state index in [1.807, 2.05) is 0 Å². The zero-order valence-corrected chi connectivity index (χ0v) is 13.6. The highest BCUT2D eigenvalue weighted by Crippen LogP contribution is 2.31. The molecule has 1 saturated carbocycles. The van der Waals surface area contributed by atoms with Crippen LogP contribution in [0.5, 0.6) is 0 Å². The molecule has 0 spiro atoms. The highest BCUT2D eigenvalue weighted by atomic mass is 16.5. The van der Waals surface area contributed by atoms with Gasteiger partial charge < -0.3 is 15.0 Å². The number of rotatable bonds is 8. The van der Waals surface area contributed by atoms with Gasteiger partial charge in [0.1, 0.15) is 0 Å². The van der Waals surface area contributed by atoms with Crippen LogP contribution in [-0.2, 0) is 4.74 Å². The lowest BCUT2D eigenvalue weighted by Gasteiger charge is -2.38. The Labute approximate surface area is 120 Å². The monoisotopic (exact) mass is 270 g/mol. The van der Waals surface area contributed by atoms with Gasteiger partial charge in [-0.3, -0.25) is 0 Å². The van der Waals surface area contributed by atoms with Crippen LogP contribution in [0.2, 0.25) is 0 Å². The predicted octanol–water partition coefficient (Wildman–Crippen LogP) is 2.76. The molecular formula is C16H34N2O. The minimum Gasteiger partial charge on any atom is -0.377 e. The number of likely N-dealkylation sites (N-methyl/N-ethyl adjacent to an activating group) is 1. The van der Waals surface area contributed by atoms with E-state index < -0.39 is 0 Å². The molecule has 0 aromatic heterocycles. The Morgan fingerprint density at radius 3 is 2.63 bits per heavy atom. The van der Waals surface area contributed by atoms with Gasteiger partial charge in [-0.05, 0) is 59.0 Å². The Balaban J connectivity index is 2.34. The average molecular weight is 270 g/mol. The second-order valence-corrected chi connectivity index (χ2v) is 6.42. The van der Waals surface area contributed by atoms with E-state index in [-0.39, 0.29) is 0 Å². The van der Waals surface area contributed by atoms with Crippen LogP contribution in [0.4, 0.5) is 0 Å². The van der Waals surface area contributed by atoms with E-state index in [1.54, 1.807) is 0 Å². The molecule has 1 aliphatic rings. The van der Waals surface area contributed by atoms with Crippen LogP contribution in [-0.4, -0.2) is 50.8 Å². The second-order valence-electron chi connectivity index (χ2n) is 6.42. The third-order valence-electron chi connectivity index (χ3n) is 4.51. The fraction of sp³-hybridized carbons (Fsp3) is 1.00. The first kappa shape index (κ1) is 16.9. The molecular weight excluding hydrogens is 236 g/mol. The summed E-state index contributed by atoms with van der Waals surface area (Å²) in [7, 11) is 4.35. The summed E-state index contributed by atoms with van der Waals surface area (Å²) in [6.45, 7) is 9.63. The summed E-state index contributed by atoms with van der Waals surface area (Å²) in [4.78, 5) is 2.44. The highest BCUT2D eigenvalue weighted by Gasteiger charge is 2.29. The summed E-state index contributed by atoms with van der Waals surface area (Å²) in [5, 5.41) is 3.52. The van der Waals surface area contributed by atoms with Gasteiger partial charge in [0.05, 0.1) is 12.7 Å². The largest absolute Gasteiger partial charge is 0.377 e. The van der Waals surface area contributed by atoms with Crippen LogP contribution in [0.1, 0.15) is 46.5 Å². The number of nitrogens with zero attached hydrogens (tertiary/aromatic N) is 1. The van der Waals surface area contributed by atoms with Gasteiger partial charge in [-0.2, -0.15) is 0 Å². The molecule has 3 unspecified atom stereocenters. The first-order valence-electron chi connectivity index (χ1n) is 8.04. The van der Waals surface area contributed by atoms with Gasteiger partial charge in [0.25, 0.3) is 0 Å². The van der Waals surface area contributed by atoms with Gasteiger partial charge in [-0.25, -0.2) is 0 Å². The minimum absolute atomic E-state index is 0.345. The SMILES string of the molecule is CCC1CCC(NC)C(CN(C)CCOC(C)C)C1. The lowest BCUT2D eigenvalue weighted by molar-refractivity contribution is 0.0564. The van der Waals surface area contributed by atoms with E-state index in [4.69, 9.17) is 4.74 Å². The topological polar surface area (TPSA) is 24.5 Å². The van der Waals surface area contributed by atoms with Crippen molar-refractivity contribution in [1.82, 2.24) is 10.2 Å². The Morgan fingerprint density at radius 2 is 2.05 bits per heavy atom.